The molecule has 1 aromatic rings. The van der Waals surface area contributed by atoms with Gasteiger partial charge < -0.3 is 19.7 Å². The lowest BCUT2D eigenvalue weighted by Gasteiger charge is -2.17. The monoisotopic (exact) mass is 282 g/mol. The summed E-state index contributed by atoms with van der Waals surface area (Å²) in [6, 6.07) is 5.19. The number of aliphatic carboxylic acids is 2. The molecule has 0 heterocycles. The Morgan fingerprint density at radius 3 is 2.10 bits per heavy atom. The molecule has 110 valence electrons. The van der Waals surface area contributed by atoms with Crippen LogP contribution in [0.4, 0.5) is 0 Å². The van der Waals surface area contributed by atoms with Gasteiger partial charge in [0, 0.05) is 0 Å². The Labute approximate surface area is 116 Å². The summed E-state index contributed by atoms with van der Waals surface area (Å²) in [7, 11) is 3.02. The van der Waals surface area contributed by atoms with E-state index in [0.29, 0.717) is 17.9 Å². The fourth-order valence-electron chi connectivity index (χ4n) is 2.09. The molecule has 0 fully saturated rings. The first-order valence-electron chi connectivity index (χ1n) is 6.07. The van der Waals surface area contributed by atoms with Crippen molar-refractivity contribution in [2.24, 2.45) is 11.8 Å². The predicted molar refractivity (Wildman–Crippen MR) is 71.2 cm³/mol. The van der Waals surface area contributed by atoms with E-state index in [1.165, 1.54) is 14.2 Å². The summed E-state index contributed by atoms with van der Waals surface area (Å²) in [5.74, 6) is -3.53. The van der Waals surface area contributed by atoms with Crippen LogP contribution < -0.4 is 9.47 Å². The Balaban J connectivity index is 2.92. The fraction of sp³-hybridized carbons (Fsp3) is 0.429. The van der Waals surface area contributed by atoms with Crippen LogP contribution in [-0.2, 0) is 16.0 Å². The van der Waals surface area contributed by atoms with E-state index in [2.05, 4.69) is 0 Å². The number of carbonyl (C=O) groups is 2. The summed E-state index contributed by atoms with van der Waals surface area (Å²) < 4.78 is 10.3. The van der Waals surface area contributed by atoms with Crippen molar-refractivity contribution in [1.82, 2.24) is 0 Å². The van der Waals surface area contributed by atoms with E-state index in [0.717, 1.165) is 5.56 Å². The number of hydrogen-bond acceptors (Lipinski definition) is 4. The highest BCUT2D eigenvalue weighted by molar-refractivity contribution is 5.93. The molecule has 0 saturated carbocycles. The van der Waals surface area contributed by atoms with E-state index in [1.54, 1.807) is 25.1 Å². The first-order chi connectivity index (χ1) is 9.40. The van der Waals surface area contributed by atoms with Gasteiger partial charge in [0.1, 0.15) is 0 Å². The largest absolute Gasteiger partial charge is 0.493 e. The number of carboxylic acids is 2. The lowest BCUT2D eigenvalue weighted by molar-refractivity contribution is -0.156. The van der Waals surface area contributed by atoms with Crippen molar-refractivity contribution in [2.75, 3.05) is 14.2 Å². The van der Waals surface area contributed by atoms with Crippen molar-refractivity contribution in [3.63, 3.8) is 0 Å². The van der Waals surface area contributed by atoms with Gasteiger partial charge >= 0.3 is 11.9 Å². The number of ether oxygens (including phenoxy) is 2. The van der Waals surface area contributed by atoms with E-state index in [1.807, 2.05) is 0 Å². The first kappa shape index (κ1) is 15.8. The van der Waals surface area contributed by atoms with Crippen molar-refractivity contribution in [3.8, 4) is 11.5 Å². The zero-order valence-electron chi connectivity index (χ0n) is 11.6. The molecule has 1 aromatic carbocycles. The molecule has 2 N–H and O–H groups in total. The molecular weight excluding hydrogens is 264 g/mol. The van der Waals surface area contributed by atoms with Crippen LogP contribution in [0.15, 0.2) is 18.2 Å². The summed E-state index contributed by atoms with van der Waals surface area (Å²) in [6.07, 6.45) is 0.323. The van der Waals surface area contributed by atoms with Gasteiger partial charge in [0.05, 0.1) is 14.2 Å². The normalized spacial score (nSPS) is 12.0. The standard InChI is InChI=1S/C14H18O6/c1-8(12(13(15)16)14(17)18)6-9-4-5-10(19-2)11(7-9)20-3/h4-5,7-8,12H,6H2,1-3H3,(H,15,16)(H,17,18). The van der Waals surface area contributed by atoms with Crippen molar-refractivity contribution < 1.29 is 29.3 Å². The van der Waals surface area contributed by atoms with Gasteiger partial charge in [-0.05, 0) is 30.0 Å². The second kappa shape index (κ2) is 6.79. The average Bonchev–Trinajstić information content (AvgIpc) is 2.37. The number of carboxylic acid groups (broad SMARTS) is 2. The van der Waals surface area contributed by atoms with Crippen LogP contribution in [0.2, 0.25) is 0 Å². The van der Waals surface area contributed by atoms with Gasteiger partial charge in [-0.25, -0.2) is 0 Å². The van der Waals surface area contributed by atoms with Gasteiger partial charge in [0.2, 0.25) is 0 Å². The molecule has 0 spiro atoms. The fourth-order valence-corrected chi connectivity index (χ4v) is 2.09. The number of rotatable bonds is 7. The molecule has 0 aliphatic rings. The van der Waals surface area contributed by atoms with Crippen LogP contribution >= 0.6 is 0 Å². The zero-order valence-corrected chi connectivity index (χ0v) is 11.6. The van der Waals surface area contributed by atoms with Gasteiger partial charge in [-0.15, -0.1) is 0 Å². The minimum absolute atomic E-state index is 0.323. The number of hydrogen-bond donors (Lipinski definition) is 2. The minimum Gasteiger partial charge on any atom is -0.493 e. The smallest absolute Gasteiger partial charge is 0.318 e. The maximum atomic E-state index is 11.0. The lowest BCUT2D eigenvalue weighted by atomic mass is 9.88. The van der Waals surface area contributed by atoms with E-state index < -0.39 is 23.8 Å². The maximum Gasteiger partial charge on any atom is 0.318 e. The molecule has 0 saturated heterocycles. The van der Waals surface area contributed by atoms with Crippen molar-refractivity contribution >= 4 is 11.9 Å². The second-order valence-corrected chi connectivity index (χ2v) is 4.52. The zero-order chi connectivity index (χ0) is 15.3. The maximum absolute atomic E-state index is 11.0. The molecule has 20 heavy (non-hydrogen) atoms. The van der Waals surface area contributed by atoms with E-state index in [9.17, 15) is 9.59 Å². The van der Waals surface area contributed by atoms with Gasteiger partial charge in [0.15, 0.2) is 17.4 Å². The van der Waals surface area contributed by atoms with E-state index in [-0.39, 0.29) is 0 Å². The Kier molecular flexibility index (Phi) is 5.37. The Bertz CT molecular complexity index is 482. The molecule has 0 aliphatic heterocycles. The third kappa shape index (κ3) is 3.63. The lowest BCUT2D eigenvalue weighted by Crippen LogP contribution is -2.30. The molecule has 1 atom stereocenters. The molecule has 0 bridgehead atoms. The predicted octanol–water partition coefficient (Wildman–Crippen LogP) is 1.67. The molecule has 6 nitrogen and oxygen atoms in total. The number of benzene rings is 1. The molecule has 0 aromatic heterocycles. The molecule has 0 aliphatic carbocycles. The minimum atomic E-state index is -1.43. The van der Waals surface area contributed by atoms with Crippen LogP contribution in [0.25, 0.3) is 0 Å². The summed E-state index contributed by atoms with van der Waals surface area (Å²) in [5, 5.41) is 17.9. The Morgan fingerprint density at radius 2 is 1.65 bits per heavy atom. The van der Waals surface area contributed by atoms with Crippen LogP contribution in [0.5, 0.6) is 11.5 Å². The summed E-state index contributed by atoms with van der Waals surface area (Å²) in [5.41, 5.74) is 0.794. The van der Waals surface area contributed by atoms with Crippen LogP contribution in [0.1, 0.15) is 12.5 Å². The third-order valence-corrected chi connectivity index (χ3v) is 3.11. The quantitative estimate of drug-likeness (QED) is 0.739. The highest BCUT2D eigenvalue weighted by Crippen LogP contribution is 2.29. The second-order valence-electron chi connectivity index (χ2n) is 4.52. The molecule has 6 heteroatoms. The van der Waals surface area contributed by atoms with E-state index in [4.69, 9.17) is 19.7 Å². The van der Waals surface area contributed by atoms with Crippen LogP contribution in [0, 0.1) is 11.8 Å². The van der Waals surface area contributed by atoms with Crippen LogP contribution in [-0.4, -0.2) is 36.4 Å². The third-order valence-electron chi connectivity index (χ3n) is 3.11. The SMILES string of the molecule is COc1ccc(CC(C)C(C(=O)O)C(=O)O)cc1OC. The van der Waals surface area contributed by atoms with Crippen LogP contribution in [0.3, 0.4) is 0 Å². The summed E-state index contributed by atoms with van der Waals surface area (Å²) >= 11 is 0. The van der Waals surface area contributed by atoms with Crippen molar-refractivity contribution in [1.29, 1.82) is 0 Å². The summed E-state index contributed by atoms with van der Waals surface area (Å²) in [4.78, 5) is 21.9. The van der Waals surface area contributed by atoms with Crippen molar-refractivity contribution in [3.05, 3.63) is 23.8 Å². The van der Waals surface area contributed by atoms with Gasteiger partial charge in [-0.2, -0.15) is 0 Å². The Hall–Kier alpha value is -2.24. The van der Waals surface area contributed by atoms with Gasteiger partial charge in [-0.1, -0.05) is 13.0 Å². The molecular formula is C14H18O6. The summed E-state index contributed by atoms with van der Waals surface area (Å²) in [6.45, 7) is 1.60. The van der Waals surface area contributed by atoms with E-state index >= 15 is 0 Å². The highest BCUT2D eigenvalue weighted by atomic mass is 16.5. The average molecular weight is 282 g/mol. The van der Waals surface area contributed by atoms with Gasteiger partial charge in [-0.3, -0.25) is 9.59 Å². The topological polar surface area (TPSA) is 93.1 Å². The molecule has 1 unspecified atom stereocenters. The van der Waals surface area contributed by atoms with Crippen molar-refractivity contribution in [2.45, 2.75) is 13.3 Å². The van der Waals surface area contributed by atoms with Gasteiger partial charge in [0.25, 0.3) is 0 Å². The molecule has 0 radical (unpaired) electrons. The highest BCUT2D eigenvalue weighted by Gasteiger charge is 2.32. The Morgan fingerprint density at radius 1 is 1.10 bits per heavy atom. The molecule has 0 amide bonds. The molecule has 1 rings (SSSR count). The first-order valence-corrected chi connectivity index (χ1v) is 6.07. The number of methoxy groups -OCH3 is 2.